The molecule has 0 aliphatic heterocycles. The third kappa shape index (κ3) is 4.35. The van der Waals surface area contributed by atoms with Gasteiger partial charge in [0.1, 0.15) is 17.9 Å². The molecular formula is C19H20N2O3. The third-order valence-corrected chi connectivity index (χ3v) is 3.59. The summed E-state index contributed by atoms with van der Waals surface area (Å²) in [6.07, 6.45) is 0.830. The monoisotopic (exact) mass is 324 g/mol. The number of para-hydroxylation sites is 2. The predicted molar refractivity (Wildman–Crippen MR) is 92.0 cm³/mol. The number of carbonyl (C=O) groups excluding carboxylic acids is 1. The van der Waals surface area contributed by atoms with Gasteiger partial charge < -0.3 is 14.5 Å². The maximum absolute atomic E-state index is 11.9. The molecule has 1 N–H and O–H groups in total. The molecule has 3 rings (SSSR count). The summed E-state index contributed by atoms with van der Waals surface area (Å²) in [4.78, 5) is 16.2. The van der Waals surface area contributed by atoms with Crippen LogP contribution in [0.1, 0.15) is 17.9 Å². The Morgan fingerprint density at radius 1 is 1.21 bits per heavy atom. The molecule has 0 saturated carbocycles. The number of aromatic nitrogens is 1. The Hall–Kier alpha value is -2.82. The Bertz CT molecular complexity index is 793. The molecule has 0 radical (unpaired) electrons. The van der Waals surface area contributed by atoms with Gasteiger partial charge in [-0.1, -0.05) is 24.3 Å². The quantitative estimate of drug-likeness (QED) is 0.678. The van der Waals surface area contributed by atoms with Gasteiger partial charge in [-0.25, -0.2) is 4.98 Å². The van der Waals surface area contributed by atoms with Gasteiger partial charge in [0.15, 0.2) is 11.5 Å². The molecule has 0 aliphatic carbocycles. The van der Waals surface area contributed by atoms with Crippen LogP contribution in [0.25, 0.3) is 11.1 Å². The first-order valence-electron chi connectivity index (χ1n) is 8.01. The number of hydrogen-bond acceptors (Lipinski definition) is 4. The number of benzene rings is 2. The van der Waals surface area contributed by atoms with Crippen LogP contribution in [0, 0.1) is 6.92 Å². The van der Waals surface area contributed by atoms with Crippen molar-refractivity contribution < 1.29 is 13.9 Å². The normalized spacial score (nSPS) is 10.7. The smallest absolute Gasteiger partial charge is 0.220 e. The van der Waals surface area contributed by atoms with Gasteiger partial charge in [0.05, 0.1) is 6.54 Å². The van der Waals surface area contributed by atoms with Crippen molar-refractivity contribution in [2.24, 2.45) is 0 Å². The molecule has 24 heavy (non-hydrogen) atoms. The van der Waals surface area contributed by atoms with Crippen LogP contribution in [-0.4, -0.2) is 24.0 Å². The molecule has 0 unspecified atom stereocenters. The average molecular weight is 324 g/mol. The number of aryl methyl sites for hydroxylation is 2. The van der Waals surface area contributed by atoms with Crippen molar-refractivity contribution in [3.05, 3.63) is 60.0 Å². The van der Waals surface area contributed by atoms with Crippen LogP contribution in [0.2, 0.25) is 0 Å². The molecule has 1 aromatic heterocycles. The molecule has 1 heterocycles. The second-order valence-corrected chi connectivity index (χ2v) is 5.59. The van der Waals surface area contributed by atoms with Crippen molar-refractivity contribution >= 4 is 17.0 Å². The van der Waals surface area contributed by atoms with Crippen LogP contribution < -0.4 is 10.1 Å². The number of nitrogens with one attached hydrogen (secondary N) is 1. The van der Waals surface area contributed by atoms with E-state index in [0.717, 1.165) is 22.4 Å². The molecule has 0 spiro atoms. The lowest BCUT2D eigenvalue weighted by Gasteiger charge is -2.08. The van der Waals surface area contributed by atoms with Crippen molar-refractivity contribution in [1.82, 2.24) is 10.3 Å². The highest BCUT2D eigenvalue weighted by Gasteiger charge is 2.08. The SMILES string of the molecule is Cc1cccc(OCCNC(=O)CCc2nc3ccccc3o2)c1. The van der Waals surface area contributed by atoms with Crippen LogP contribution >= 0.6 is 0 Å². The molecule has 2 aromatic carbocycles. The second-order valence-electron chi connectivity index (χ2n) is 5.59. The predicted octanol–water partition coefficient (Wildman–Crippen LogP) is 3.26. The largest absolute Gasteiger partial charge is 0.492 e. The van der Waals surface area contributed by atoms with E-state index in [0.29, 0.717) is 31.9 Å². The molecule has 0 aliphatic rings. The fraction of sp³-hybridized carbons (Fsp3) is 0.263. The van der Waals surface area contributed by atoms with Gasteiger partial charge in [0, 0.05) is 12.8 Å². The minimum Gasteiger partial charge on any atom is -0.492 e. The fourth-order valence-corrected chi connectivity index (χ4v) is 2.40. The summed E-state index contributed by atoms with van der Waals surface area (Å²) in [5.41, 5.74) is 2.72. The Labute approximate surface area is 140 Å². The lowest BCUT2D eigenvalue weighted by atomic mass is 10.2. The van der Waals surface area contributed by atoms with Crippen molar-refractivity contribution in [3.8, 4) is 5.75 Å². The van der Waals surface area contributed by atoms with Crippen LogP contribution in [0.4, 0.5) is 0 Å². The molecule has 1 amide bonds. The van der Waals surface area contributed by atoms with Crippen molar-refractivity contribution in [2.75, 3.05) is 13.2 Å². The molecule has 124 valence electrons. The van der Waals surface area contributed by atoms with E-state index in [1.807, 2.05) is 55.5 Å². The van der Waals surface area contributed by atoms with E-state index in [-0.39, 0.29) is 5.91 Å². The summed E-state index contributed by atoms with van der Waals surface area (Å²) in [7, 11) is 0. The van der Waals surface area contributed by atoms with E-state index in [9.17, 15) is 4.79 Å². The van der Waals surface area contributed by atoms with E-state index in [2.05, 4.69) is 10.3 Å². The lowest BCUT2D eigenvalue weighted by Crippen LogP contribution is -2.28. The third-order valence-electron chi connectivity index (χ3n) is 3.59. The first-order valence-corrected chi connectivity index (χ1v) is 8.01. The van der Waals surface area contributed by atoms with Gasteiger partial charge in [0.2, 0.25) is 5.91 Å². The molecule has 5 nitrogen and oxygen atoms in total. The van der Waals surface area contributed by atoms with Crippen LogP contribution in [-0.2, 0) is 11.2 Å². The summed E-state index contributed by atoms with van der Waals surface area (Å²) in [6.45, 7) is 2.93. The van der Waals surface area contributed by atoms with Gasteiger partial charge in [-0.15, -0.1) is 0 Å². The lowest BCUT2D eigenvalue weighted by molar-refractivity contribution is -0.121. The molecule has 0 bridgehead atoms. The number of amides is 1. The Kier molecular flexibility index (Phi) is 5.11. The molecule has 0 atom stereocenters. The summed E-state index contributed by atoms with van der Waals surface area (Å²) in [6, 6.07) is 15.4. The van der Waals surface area contributed by atoms with E-state index in [4.69, 9.17) is 9.15 Å². The molecule has 5 heteroatoms. The summed E-state index contributed by atoms with van der Waals surface area (Å²) in [5.74, 6) is 1.36. The number of hydrogen-bond donors (Lipinski definition) is 1. The minimum atomic E-state index is -0.0369. The zero-order chi connectivity index (χ0) is 16.8. The number of oxazole rings is 1. The molecular weight excluding hydrogens is 304 g/mol. The highest BCUT2D eigenvalue weighted by Crippen LogP contribution is 2.15. The Balaban J connectivity index is 1.38. The maximum atomic E-state index is 11.9. The van der Waals surface area contributed by atoms with E-state index < -0.39 is 0 Å². The van der Waals surface area contributed by atoms with Gasteiger partial charge >= 0.3 is 0 Å². The molecule has 0 fully saturated rings. The highest BCUT2D eigenvalue weighted by molar-refractivity contribution is 5.76. The number of carbonyl (C=O) groups is 1. The van der Waals surface area contributed by atoms with Gasteiger partial charge in [-0.3, -0.25) is 4.79 Å². The van der Waals surface area contributed by atoms with Gasteiger partial charge in [0.25, 0.3) is 0 Å². The zero-order valence-corrected chi connectivity index (χ0v) is 13.6. The average Bonchev–Trinajstić information content (AvgIpc) is 3.00. The highest BCUT2D eigenvalue weighted by atomic mass is 16.5. The summed E-state index contributed by atoms with van der Waals surface area (Å²) in [5, 5.41) is 2.84. The number of nitrogens with zero attached hydrogens (tertiary/aromatic N) is 1. The van der Waals surface area contributed by atoms with Crippen molar-refractivity contribution in [1.29, 1.82) is 0 Å². The fourth-order valence-electron chi connectivity index (χ4n) is 2.40. The van der Waals surface area contributed by atoms with E-state index >= 15 is 0 Å². The summed E-state index contributed by atoms with van der Waals surface area (Å²) < 4.78 is 11.2. The van der Waals surface area contributed by atoms with Crippen LogP contribution in [0.15, 0.2) is 52.9 Å². The number of ether oxygens (including phenoxy) is 1. The van der Waals surface area contributed by atoms with Crippen LogP contribution in [0.5, 0.6) is 5.75 Å². The van der Waals surface area contributed by atoms with Gasteiger partial charge in [-0.2, -0.15) is 0 Å². The topological polar surface area (TPSA) is 64.4 Å². The van der Waals surface area contributed by atoms with Gasteiger partial charge in [-0.05, 0) is 36.8 Å². The van der Waals surface area contributed by atoms with E-state index in [1.165, 1.54) is 0 Å². The molecule has 0 saturated heterocycles. The Morgan fingerprint density at radius 2 is 2.08 bits per heavy atom. The number of fused-ring (bicyclic) bond motifs is 1. The van der Waals surface area contributed by atoms with Crippen molar-refractivity contribution in [3.63, 3.8) is 0 Å². The Morgan fingerprint density at radius 3 is 2.92 bits per heavy atom. The van der Waals surface area contributed by atoms with Crippen LogP contribution in [0.3, 0.4) is 0 Å². The summed E-state index contributed by atoms with van der Waals surface area (Å²) >= 11 is 0. The van der Waals surface area contributed by atoms with E-state index in [1.54, 1.807) is 0 Å². The first kappa shape index (κ1) is 16.1. The number of rotatable bonds is 7. The second kappa shape index (κ2) is 7.64. The van der Waals surface area contributed by atoms with Crippen molar-refractivity contribution in [2.45, 2.75) is 19.8 Å². The first-order chi connectivity index (χ1) is 11.7. The maximum Gasteiger partial charge on any atom is 0.220 e. The standard InChI is InChI=1S/C19H20N2O3/c1-14-5-4-6-15(13-14)23-12-11-20-18(22)9-10-19-21-16-7-2-3-8-17(16)24-19/h2-8,13H,9-12H2,1H3,(H,20,22). The zero-order valence-electron chi connectivity index (χ0n) is 13.6. The minimum absolute atomic E-state index is 0.0369. The molecule has 3 aromatic rings.